The topological polar surface area (TPSA) is 49.8 Å². The van der Waals surface area contributed by atoms with Crippen molar-refractivity contribution >= 4 is 27.6 Å². The van der Waals surface area contributed by atoms with Crippen molar-refractivity contribution in [3.63, 3.8) is 0 Å². The van der Waals surface area contributed by atoms with E-state index in [9.17, 15) is 17.6 Å². The molecule has 0 amide bonds. The first-order valence-electron chi connectivity index (χ1n) is 5.02. The molecule has 0 aromatic carbocycles. The molecule has 2 N–H and O–H groups in total. The van der Waals surface area contributed by atoms with Crippen LogP contribution in [0.5, 0.6) is 0 Å². The number of hydrogen-bond donors (Lipinski definition) is 2. The van der Waals surface area contributed by atoms with Crippen LogP contribution in [0.25, 0.3) is 0 Å². The molecule has 0 atom stereocenters. The van der Waals surface area contributed by atoms with Crippen LogP contribution in [0.1, 0.15) is 6.92 Å². The van der Waals surface area contributed by atoms with Crippen molar-refractivity contribution in [3.05, 3.63) is 10.8 Å². The van der Waals surface area contributed by atoms with Crippen LogP contribution in [-0.4, -0.2) is 35.4 Å². The Labute approximate surface area is 109 Å². The quantitative estimate of drug-likeness (QED) is 0.787. The fraction of sp³-hybridized carbons (Fsp3) is 0.556. The van der Waals surface area contributed by atoms with Crippen LogP contribution >= 0.6 is 15.9 Å². The summed E-state index contributed by atoms with van der Waals surface area (Å²) in [4.78, 5) is 7.56. The number of nitrogens with one attached hydrogen (secondary N) is 2. The van der Waals surface area contributed by atoms with Gasteiger partial charge in [0, 0.05) is 6.54 Å². The Morgan fingerprint density at radius 1 is 1.28 bits per heavy atom. The summed E-state index contributed by atoms with van der Waals surface area (Å²) in [6.07, 6.45) is -2.58. The molecule has 0 radical (unpaired) electrons. The molecule has 0 saturated heterocycles. The SMILES string of the molecule is CCNc1ncnc(NCC(F)(F)C(F)F)c1Br. The van der Waals surface area contributed by atoms with Crippen molar-refractivity contribution < 1.29 is 17.6 Å². The Kier molecular flexibility index (Phi) is 5.12. The van der Waals surface area contributed by atoms with E-state index >= 15 is 0 Å². The van der Waals surface area contributed by atoms with E-state index in [4.69, 9.17) is 0 Å². The standard InChI is InChI=1S/C9H11BrF4N4/c1-2-15-6-5(10)7(18-4-17-6)16-3-9(13,14)8(11)12/h4,8H,2-3H2,1H3,(H2,15,16,17,18). The van der Waals surface area contributed by atoms with Crippen LogP contribution in [0.15, 0.2) is 10.8 Å². The molecule has 0 fully saturated rings. The molecule has 0 unspecified atom stereocenters. The number of rotatable bonds is 6. The highest BCUT2D eigenvalue weighted by molar-refractivity contribution is 9.10. The van der Waals surface area contributed by atoms with E-state index in [-0.39, 0.29) is 5.82 Å². The fourth-order valence-corrected chi connectivity index (χ4v) is 1.55. The third-order valence-electron chi connectivity index (χ3n) is 1.94. The van der Waals surface area contributed by atoms with Gasteiger partial charge in [-0.1, -0.05) is 0 Å². The Morgan fingerprint density at radius 3 is 2.33 bits per heavy atom. The highest BCUT2D eigenvalue weighted by Crippen LogP contribution is 2.28. The summed E-state index contributed by atoms with van der Waals surface area (Å²) < 4.78 is 49.7. The van der Waals surface area contributed by atoms with Gasteiger partial charge in [-0.15, -0.1) is 0 Å². The van der Waals surface area contributed by atoms with E-state index in [1.165, 1.54) is 0 Å². The molecule has 1 rings (SSSR count). The summed E-state index contributed by atoms with van der Waals surface area (Å²) in [5.41, 5.74) is 0. The summed E-state index contributed by atoms with van der Waals surface area (Å²) in [6, 6.07) is 0. The van der Waals surface area contributed by atoms with Gasteiger partial charge in [0.1, 0.15) is 22.4 Å². The van der Waals surface area contributed by atoms with Crippen LogP contribution in [0, 0.1) is 0 Å². The predicted molar refractivity (Wildman–Crippen MR) is 63.3 cm³/mol. The molecule has 1 aromatic heterocycles. The zero-order valence-electron chi connectivity index (χ0n) is 9.35. The normalized spacial score (nSPS) is 11.7. The van der Waals surface area contributed by atoms with Crippen LogP contribution in [0.2, 0.25) is 0 Å². The van der Waals surface area contributed by atoms with Crippen molar-refractivity contribution in [3.8, 4) is 0 Å². The Hall–Kier alpha value is -1.12. The van der Waals surface area contributed by atoms with Crippen LogP contribution in [0.4, 0.5) is 29.2 Å². The smallest absolute Gasteiger partial charge is 0.324 e. The lowest BCUT2D eigenvalue weighted by Gasteiger charge is -2.17. The van der Waals surface area contributed by atoms with Gasteiger partial charge in [-0.2, -0.15) is 8.78 Å². The Bertz CT molecular complexity index is 402. The van der Waals surface area contributed by atoms with Gasteiger partial charge >= 0.3 is 12.3 Å². The first-order valence-corrected chi connectivity index (χ1v) is 5.82. The molecule has 0 aliphatic rings. The molecule has 0 aliphatic carbocycles. The van der Waals surface area contributed by atoms with Gasteiger partial charge in [0.2, 0.25) is 0 Å². The number of halogens is 5. The van der Waals surface area contributed by atoms with Crippen molar-refractivity contribution in [1.29, 1.82) is 0 Å². The van der Waals surface area contributed by atoms with Gasteiger partial charge in [0.05, 0.1) is 6.54 Å². The number of hydrogen-bond acceptors (Lipinski definition) is 4. The van der Waals surface area contributed by atoms with Crippen LogP contribution in [-0.2, 0) is 0 Å². The lowest BCUT2D eigenvalue weighted by atomic mass is 10.3. The molecule has 1 aromatic rings. The maximum atomic E-state index is 12.7. The first-order chi connectivity index (χ1) is 8.38. The predicted octanol–water partition coefficient (Wildman–Crippen LogP) is 2.98. The van der Waals surface area contributed by atoms with Gasteiger partial charge < -0.3 is 10.6 Å². The second kappa shape index (κ2) is 6.17. The van der Waals surface area contributed by atoms with Crippen molar-refractivity contribution in [2.45, 2.75) is 19.3 Å². The largest absolute Gasteiger partial charge is 0.369 e. The molecule has 0 bridgehead atoms. The maximum Gasteiger partial charge on any atom is 0.324 e. The average Bonchev–Trinajstić information content (AvgIpc) is 2.30. The first kappa shape index (κ1) is 14.9. The van der Waals surface area contributed by atoms with Crippen molar-refractivity contribution in [1.82, 2.24) is 9.97 Å². The minimum atomic E-state index is -4.11. The zero-order valence-corrected chi connectivity index (χ0v) is 10.9. The van der Waals surface area contributed by atoms with Crippen molar-refractivity contribution in [2.75, 3.05) is 23.7 Å². The monoisotopic (exact) mass is 330 g/mol. The molecule has 0 saturated carbocycles. The van der Waals surface area contributed by atoms with Gasteiger partial charge in [0.25, 0.3) is 0 Å². The maximum absolute atomic E-state index is 12.7. The number of aromatic nitrogens is 2. The molecule has 9 heteroatoms. The van der Waals surface area contributed by atoms with Gasteiger partial charge in [0.15, 0.2) is 0 Å². The van der Waals surface area contributed by atoms with Gasteiger partial charge in [-0.25, -0.2) is 18.7 Å². The van der Waals surface area contributed by atoms with Gasteiger partial charge in [-0.05, 0) is 22.9 Å². The lowest BCUT2D eigenvalue weighted by molar-refractivity contribution is -0.117. The summed E-state index contributed by atoms with van der Waals surface area (Å²) >= 11 is 3.10. The van der Waals surface area contributed by atoms with E-state index in [2.05, 4.69) is 36.5 Å². The van der Waals surface area contributed by atoms with Crippen LogP contribution in [0.3, 0.4) is 0 Å². The molecule has 0 aliphatic heterocycles. The third kappa shape index (κ3) is 3.69. The second-order valence-corrected chi connectivity index (χ2v) is 4.12. The van der Waals surface area contributed by atoms with Crippen molar-refractivity contribution in [2.24, 2.45) is 0 Å². The lowest BCUT2D eigenvalue weighted by Crippen LogP contribution is -2.35. The summed E-state index contributed by atoms with van der Waals surface area (Å²) in [7, 11) is 0. The Morgan fingerprint density at radius 2 is 1.83 bits per heavy atom. The van der Waals surface area contributed by atoms with E-state index < -0.39 is 18.9 Å². The molecule has 1 heterocycles. The summed E-state index contributed by atoms with van der Waals surface area (Å²) in [5.74, 6) is -3.68. The highest BCUT2D eigenvalue weighted by Gasteiger charge is 2.40. The molecular formula is C9H11BrF4N4. The zero-order chi connectivity index (χ0) is 13.8. The number of nitrogens with zero attached hydrogens (tertiary/aromatic N) is 2. The highest BCUT2D eigenvalue weighted by atomic mass is 79.9. The van der Waals surface area contributed by atoms with E-state index in [1.807, 2.05) is 6.92 Å². The van der Waals surface area contributed by atoms with E-state index in [0.717, 1.165) is 6.33 Å². The second-order valence-electron chi connectivity index (χ2n) is 3.33. The third-order valence-corrected chi connectivity index (χ3v) is 2.70. The van der Waals surface area contributed by atoms with E-state index in [1.54, 1.807) is 0 Å². The number of anilines is 2. The molecule has 102 valence electrons. The Balaban J connectivity index is 2.77. The van der Waals surface area contributed by atoms with Gasteiger partial charge in [-0.3, -0.25) is 0 Å². The van der Waals surface area contributed by atoms with Crippen LogP contribution < -0.4 is 10.6 Å². The molecule has 18 heavy (non-hydrogen) atoms. The summed E-state index contributed by atoms with van der Waals surface area (Å²) in [6.45, 7) is 1.20. The molecular weight excluding hydrogens is 320 g/mol. The fourth-order valence-electron chi connectivity index (χ4n) is 1.06. The minimum absolute atomic E-state index is 0.0290. The molecule has 4 nitrogen and oxygen atoms in total. The van der Waals surface area contributed by atoms with E-state index in [0.29, 0.717) is 16.8 Å². The molecule has 0 spiro atoms. The summed E-state index contributed by atoms with van der Waals surface area (Å²) in [5, 5.41) is 5.03. The average molecular weight is 331 g/mol. The minimum Gasteiger partial charge on any atom is -0.369 e. The number of alkyl halides is 4.